The van der Waals surface area contributed by atoms with E-state index >= 15 is 0 Å². The Bertz CT molecular complexity index is 547. The fourth-order valence-electron chi connectivity index (χ4n) is 2.08. The van der Waals surface area contributed by atoms with E-state index in [1.165, 1.54) is 10.4 Å². The third kappa shape index (κ3) is 4.29. The molecule has 0 saturated carbocycles. The summed E-state index contributed by atoms with van der Waals surface area (Å²) in [6, 6.07) is 14.4. The summed E-state index contributed by atoms with van der Waals surface area (Å²) in [7, 11) is 2.01. The lowest BCUT2D eigenvalue weighted by molar-refractivity contribution is 0.0951. The van der Waals surface area contributed by atoms with Crippen molar-refractivity contribution in [2.24, 2.45) is 0 Å². The summed E-state index contributed by atoms with van der Waals surface area (Å²) in [6.45, 7) is 3.52. The van der Waals surface area contributed by atoms with Crippen LogP contribution < -0.4 is 0 Å². The standard InChI is InChI=1S/C17H21NOS/c1-3-15-9-10-17(20-15)16(19)13-18(2)12-11-14-7-5-4-6-8-14/h4-10H,3,11-13H2,1-2H3. The minimum Gasteiger partial charge on any atom is -0.299 e. The molecule has 0 amide bonds. The molecular formula is C17H21NOS. The van der Waals surface area contributed by atoms with Crippen LogP contribution in [0.2, 0.25) is 0 Å². The average Bonchev–Trinajstić information content (AvgIpc) is 2.95. The molecule has 0 bridgehead atoms. The van der Waals surface area contributed by atoms with Gasteiger partial charge in [0, 0.05) is 11.4 Å². The van der Waals surface area contributed by atoms with Crippen LogP contribution >= 0.6 is 11.3 Å². The van der Waals surface area contributed by atoms with Crippen molar-refractivity contribution in [2.75, 3.05) is 20.1 Å². The lowest BCUT2D eigenvalue weighted by Crippen LogP contribution is -2.27. The van der Waals surface area contributed by atoms with Gasteiger partial charge in [-0.05, 0) is 37.6 Å². The third-order valence-electron chi connectivity index (χ3n) is 3.32. The smallest absolute Gasteiger partial charge is 0.186 e. The Labute approximate surface area is 125 Å². The number of Topliss-reactive ketones (excluding diaryl/α,β-unsaturated/α-hetero) is 1. The van der Waals surface area contributed by atoms with Crippen molar-refractivity contribution in [3.63, 3.8) is 0 Å². The van der Waals surface area contributed by atoms with Gasteiger partial charge in [0.2, 0.25) is 0 Å². The molecule has 2 rings (SSSR count). The summed E-state index contributed by atoms with van der Waals surface area (Å²) < 4.78 is 0. The van der Waals surface area contributed by atoms with Crippen LogP contribution in [0.4, 0.5) is 0 Å². The van der Waals surface area contributed by atoms with E-state index in [2.05, 4.69) is 42.2 Å². The molecule has 0 atom stereocenters. The number of rotatable bonds is 7. The summed E-state index contributed by atoms with van der Waals surface area (Å²) in [6.07, 6.45) is 1.98. The Morgan fingerprint density at radius 3 is 2.55 bits per heavy atom. The number of nitrogens with zero attached hydrogens (tertiary/aromatic N) is 1. The summed E-state index contributed by atoms with van der Waals surface area (Å²) >= 11 is 1.62. The zero-order valence-electron chi connectivity index (χ0n) is 12.1. The molecule has 0 unspecified atom stereocenters. The summed E-state index contributed by atoms with van der Waals surface area (Å²) in [5, 5.41) is 0. The van der Waals surface area contributed by atoms with Gasteiger partial charge in [0.05, 0.1) is 11.4 Å². The zero-order chi connectivity index (χ0) is 14.4. The molecule has 0 aliphatic rings. The molecule has 106 valence electrons. The highest BCUT2D eigenvalue weighted by Crippen LogP contribution is 2.17. The number of benzene rings is 1. The summed E-state index contributed by atoms with van der Waals surface area (Å²) in [5.41, 5.74) is 1.32. The van der Waals surface area contributed by atoms with E-state index in [0.717, 1.165) is 24.3 Å². The molecule has 2 nitrogen and oxygen atoms in total. The zero-order valence-corrected chi connectivity index (χ0v) is 13.0. The maximum atomic E-state index is 12.2. The van der Waals surface area contributed by atoms with Gasteiger partial charge in [-0.2, -0.15) is 0 Å². The molecule has 20 heavy (non-hydrogen) atoms. The van der Waals surface area contributed by atoms with Crippen LogP contribution in [0.25, 0.3) is 0 Å². The molecule has 0 N–H and O–H groups in total. The minimum absolute atomic E-state index is 0.227. The molecule has 0 saturated heterocycles. The predicted molar refractivity (Wildman–Crippen MR) is 85.7 cm³/mol. The van der Waals surface area contributed by atoms with Crippen molar-refractivity contribution < 1.29 is 4.79 Å². The van der Waals surface area contributed by atoms with Gasteiger partial charge in [0.1, 0.15) is 0 Å². The lowest BCUT2D eigenvalue weighted by Gasteiger charge is -2.15. The fourth-order valence-corrected chi connectivity index (χ4v) is 2.96. The SMILES string of the molecule is CCc1ccc(C(=O)CN(C)CCc2ccccc2)s1. The van der Waals surface area contributed by atoms with E-state index in [-0.39, 0.29) is 5.78 Å². The molecule has 0 aliphatic carbocycles. The highest BCUT2D eigenvalue weighted by atomic mass is 32.1. The van der Waals surface area contributed by atoms with E-state index in [9.17, 15) is 4.79 Å². The number of thiophene rings is 1. The predicted octanol–water partition coefficient (Wildman–Crippen LogP) is 3.67. The Morgan fingerprint density at radius 1 is 1.15 bits per heavy atom. The monoisotopic (exact) mass is 287 g/mol. The molecule has 0 radical (unpaired) electrons. The van der Waals surface area contributed by atoms with Gasteiger partial charge in [-0.25, -0.2) is 0 Å². The Morgan fingerprint density at radius 2 is 1.90 bits per heavy atom. The molecule has 0 aliphatic heterocycles. The van der Waals surface area contributed by atoms with Crippen molar-refractivity contribution in [1.82, 2.24) is 4.90 Å². The van der Waals surface area contributed by atoms with Crippen LogP contribution in [0, 0.1) is 0 Å². The second-order valence-corrected chi connectivity index (χ2v) is 6.18. The van der Waals surface area contributed by atoms with Gasteiger partial charge in [0.15, 0.2) is 5.78 Å². The van der Waals surface area contributed by atoms with Crippen LogP contribution in [0.5, 0.6) is 0 Å². The van der Waals surface area contributed by atoms with Crippen LogP contribution in [0.3, 0.4) is 0 Å². The van der Waals surface area contributed by atoms with E-state index in [4.69, 9.17) is 0 Å². The average molecular weight is 287 g/mol. The normalized spacial score (nSPS) is 10.9. The number of ketones is 1. The van der Waals surface area contributed by atoms with E-state index < -0.39 is 0 Å². The van der Waals surface area contributed by atoms with E-state index in [0.29, 0.717) is 6.54 Å². The number of hydrogen-bond donors (Lipinski definition) is 0. The van der Waals surface area contributed by atoms with Gasteiger partial charge in [-0.3, -0.25) is 9.69 Å². The van der Waals surface area contributed by atoms with Gasteiger partial charge >= 0.3 is 0 Å². The van der Waals surface area contributed by atoms with Crippen LogP contribution in [-0.4, -0.2) is 30.8 Å². The lowest BCUT2D eigenvalue weighted by atomic mass is 10.1. The second-order valence-electron chi connectivity index (χ2n) is 5.02. The molecule has 2 aromatic rings. The molecule has 0 fully saturated rings. The molecule has 1 aromatic carbocycles. The van der Waals surface area contributed by atoms with Crippen molar-refractivity contribution in [1.29, 1.82) is 0 Å². The van der Waals surface area contributed by atoms with Crippen molar-refractivity contribution in [2.45, 2.75) is 19.8 Å². The van der Waals surface area contributed by atoms with E-state index in [1.807, 2.05) is 19.2 Å². The van der Waals surface area contributed by atoms with Gasteiger partial charge < -0.3 is 0 Å². The first-order valence-corrected chi connectivity index (χ1v) is 7.85. The topological polar surface area (TPSA) is 20.3 Å². The highest BCUT2D eigenvalue weighted by Gasteiger charge is 2.11. The second kappa shape index (κ2) is 7.36. The maximum absolute atomic E-state index is 12.2. The number of hydrogen-bond acceptors (Lipinski definition) is 3. The molecule has 3 heteroatoms. The third-order valence-corrected chi connectivity index (χ3v) is 4.59. The molecule has 1 heterocycles. The first-order chi connectivity index (χ1) is 9.69. The first kappa shape index (κ1) is 14.9. The van der Waals surface area contributed by atoms with Crippen molar-refractivity contribution >= 4 is 17.1 Å². The molecule has 1 aromatic heterocycles. The van der Waals surface area contributed by atoms with E-state index in [1.54, 1.807) is 11.3 Å². The fraction of sp³-hybridized carbons (Fsp3) is 0.353. The van der Waals surface area contributed by atoms with Gasteiger partial charge in [-0.15, -0.1) is 11.3 Å². The number of carbonyl (C=O) groups excluding carboxylic acids is 1. The molecule has 0 spiro atoms. The quantitative estimate of drug-likeness (QED) is 0.724. The Balaban J connectivity index is 1.82. The van der Waals surface area contributed by atoms with Crippen molar-refractivity contribution in [3.05, 3.63) is 57.8 Å². The van der Waals surface area contributed by atoms with Crippen LogP contribution in [0.15, 0.2) is 42.5 Å². The number of aryl methyl sites for hydroxylation is 1. The largest absolute Gasteiger partial charge is 0.299 e. The first-order valence-electron chi connectivity index (χ1n) is 7.03. The number of carbonyl (C=O) groups is 1. The van der Waals surface area contributed by atoms with Crippen molar-refractivity contribution in [3.8, 4) is 0 Å². The Hall–Kier alpha value is -1.45. The minimum atomic E-state index is 0.227. The number of likely N-dealkylation sites (N-methyl/N-ethyl adjacent to an activating group) is 1. The van der Waals surface area contributed by atoms with Crippen LogP contribution in [-0.2, 0) is 12.8 Å². The molecular weight excluding hydrogens is 266 g/mol. The summed E-state index contributed by atoms with van der Waals surface area (Å²) in [4.78, 5) is 16.4. The van der Waals surface area contributed by atoms with Gasteiger partial charge in [0.25, 0.3) is 0 Å². The summed E-state index contributed by atoms with van der Waals surface area (Å²) in [5.74, 6) is 0.227. The van der Waals surface area contributed by atoms with Gasteiger partial charge in [-0.1, -0.05) is 37.3 Å². The van der Waals surface area contributed by atoms with Crippen LogP contribution in [0.1, 0.15) is 27.0 Å². The highest BCUT2D eigenvalue weighted by molar-refractivity contribution is 7.14. The Kier molecular flexibility index (Phi) is 5.50. The maximum Gasteiger partial charge on any atom is 0.186 e.